The molecule has 1 saturated heterocycles. The fourth-order valence-electron chi connectivity index (χ4n) is 3.13. The van der Waals surface area contributed by atoms with Crippen LogP contribution in [0.2, 0.25) is 0 Å². The Balaban J connectivity index is 2.01. The van der Waals surface area contributed by atoms with Crippen LogP contribution in [0.15, 0.2) is 30.0 Å². The van der Waals surface area contributed by atoms with Gasteiger partial charge in [-0.3, -0.25) is 4.79 Å². The summed E-state index contributed by atoms with van der Waals surface area (Å²) in [5.41, 5.74) is 1.55. The summed E-state index contributed by atoms with van der Waals surface area (Å²) in [5, 5.41) is 9.91. The Kier molecular flexibility index (Phi) is 6.34. The number of anilines is 1. The van der Waals surface area contributed by atoms with Crippen molar-refractivity contribution in [3.8, 4) is 11.8 Å². The number of nitriles is 1. The molecule has 3 rings (SSSR count). The minimum atomic E-state index is -2.60. The van der Waals surface area contributed by atoms with E-state index in [9.17, 15) is 18.8 Å². The van der Waals surface area contributed by atoms with E-state index >= 15 is 0 Å². The number of H-pyrrole nitrogens is 1. The summed E-state index contributed by atoms with van der Waals surface area (Å²) >= 11 is 0. The van der Waals surface area contributed by atoms with Gasteiger partial charge in [-0.25, -0.2) is 8.78 Å². The van der Waals surface area contributed by atoms with Gasteiger partial charge in [0.1, 0.15) is 24.0 Å². The molecule has 0 amide bonds. The highest BCUT2D eigenvalue weighted by atomic mass is 19.3. The number of ketones is 1. The number of carbonyl (C=O) groups is 1. The van der Waals surface area contributed by atoms with Gasteiger partial charge < -0.3 is 24.3 Å². The molecule has 1 aliphatic heterocycles. The van der Waals surface area contributed by atoms with Crippen molar-refractivity contribution in [2.24, 2.45) is 0 Å². The Morgan fingerprint density at radius 3 is 2.72 bits per heavy atom. The van der Waals surface area contributed by atoms with Gasteiger partial charge in [-0.05, 0) is 18.2 Å². The van der Waals surface area contributed by atoms with E-state index in [1.807, 2.05) is 11.0 Å². The molecule has 154 valence electrons. The van der Waals surface area contributed by atoms with E-state index in [1.165, 1.54) is 6.20 Å². The monoisotopic (exact) mass is 404 g/mol. The Bertz CT molecular complexity index is 957. The van der Waals surface area contributed by atoms with Crippen LogP contribution in [0.3, 0.4) is 0 Å². The summed E-state index contributed by atoms with van der Waals surface area (Å²) in [6.45, 7) is 1.55. The highest BCUT2D eigenvalue weighted by molar-refractivity contribution is 6.12. The van der Waals surface area contributed by atoms with Gasteiger partial charge in [0.2, 0.25) is 5.78 Å². The van der Waals surface area contributed by atoms with Crippen molar-refractivity contribution in [1.82, 2.24) is 9.88 Å². The molecule has 7 nitrogen and oxygen atoms in total. The Morgan fingerprint density at radius 2 is 2.10 bits per heavy atom. The van der Waals surface area contributed by atoms with Crippen molar-refractivity contribution >= 4 is 22.4 Å². The van der Waals surface area contributed by atoms with Gasteiger partial charge in [-0.1, -0.05) is 0 Å². The fourth-order valence-corrected chi connectivity index (χ4v) is 3.13. The van der Waals surface area contributed by atoms with E-state index in [2.05, 4.69) is 4.98 Å². The number of nitrogens with zero attached hydrogens (tertiary/aromatic N) is 3. The van der Waals surface area contributed by atoms with Gasteiger partial charge in [0.05, 0.1) is 24.6 Å². The lowest BCUT2D eigenvalue weighted by molar-refractivity contribution is 0.0817. The molecular weight excluding hydrogens is 382 g/mol. The SMILES string of the molecule is CN(C)/C=C(\C#N)C(=O)c1cc2cc(OCC(F)F)c(N3CCOCC3)cc2[nH]1. The lowest BCUT2D eigenvalue weighted by Crippen LogP contribution is -2.36. The second kappa shape index (κ2) is 8.92. The molecule has 0 saturated carbocycles. The van der Waals surface area contributed by atoms with Crippen LogP contribution in [0.5, 0.6) is 5.75 Å². The van der Waals surface area contributed by atoms with E-state index in [4.69, 9.17) is 9.47 Å². The van der Waals surface area contributed by atoms with Crippen LogP contribution in [0.1, 0.15) is 10.5 Å². The van der Waals surface area contributed by atoms with Crippen molar-refractivity contribution < 1.29 is 23.0 Å². The summed E-state index contributed by atoms with van der Waals surface area (Å²) in [5.74, 6) is -0.123. The van der Waals surface area contributed by atoms with Crippen molar-refractivity contribution in [1.29, 1.82) is 5.26 Å². The van der Waals surface area contributed by atoms with Gasteiger partial charge >= 0.3 is 0 Å². The first kappa shape index (κ1) is 20.6. The third-order valence-corrected chi connectivity index (χ3v) is 4.41. The fraction of sp³-hybridized carbons (Fsp3) is 0.400. The van der Waals surface area contributed by atoms with Crippen LogP contribution in [0.4, 0.5) is 14.5 Å². The number of carbonyl (C=O) groups excluding carboxylic acids is 1. The number of halogens is 2. The topological polar surface area (TPSA) is 81.6 Å². The number of ether oxygens (including phenoxy) is 2. The maximum absolute atomic E-state index is 12.7. The maximum atomic E-state index is 12.7. The third kappa shape index (κ3) is 4.84. The molecular formula is C20H22F2N4O3. The van der Waals surface area contributed by atoms with Crippen LogP contribution in [-0.4, -0.2) is 69.1 Å². The van der Waals surface area contributed by atoms with Gasteiger partial charge in [0, 0.05) is 44.3 Å². The van der Waals surface area contributed by atoms with Gasteiger partial charge in [0.15, 0.2) is 0 Å². The Morgan fingerprint density at radius 1 is 1.38 bits per heavy atom. The highest BCUT2D eigenvalue weighted by Crippen LogP contribution is 2.34. The summed E-state index contributed by atoms with van der Waals surface area (Å²) < 4.78 is 36.1. The minimum absolute atomic E-state index is 0.0101. The van der Waals surface area contributed by atoms with Crippen LogP contribution >= 0.6 is 0 Å². The largest absolute Gasteiger partial charge is 0.485 e. The number of morpholine rings is 1. The first-order chi connectivity index (χ1) is 13.9. The summed E-state index contributed by atoms with van der Waals surface area (Å²) in [7, 11) is 3.44. The average molecular weight is 404 g/mol. The smallest absolute Gasteiger partial charge is 0.272 e. The summed E-state index contributed by atoms with van der Waals surface area (Å²) in [4.78, 5) is 19.3. The number of nitrogens with one attached hydrogen (secondary N) is 1. The zero-order chi connectivity index (χ0) is 21.0. The molecule has 29 heavy (non-hydrogen) atoms. The molecule has 0 aliphatic carbocycles. The average Bonchev–Trinajstić information content (AvgIpc) is 3.12. The van der Waals surface area contributed by atoms with Crippen LogP contribution in [-0.2, 0) is 4.74 Å². The quantitative estimate of drug-likeness (QED) is 0.434. The zero-order valence-corrected chi connectivity index (χ0v) is 16.2. The number of hydrogen-bond donors (Lipinski definition) is 1. The van der Waals surface area contributed by atoms with E-state index in [-0.39, 0.29) is 11.3 Å². The Labute approximate surface area is 167 Å². The molecule has 2 heterocycles. The molecule has 1 N–H and O–H groups in total. The molecule has 1 aromatic heterocycles. The minimum Gasteiger partial charge on any atom is -0.485 e. The molecule has 0 bridgehead atoms. The van der Waals surface area contributed by atoms with E-state index < -0.39 is 18.8 Å². The second-order valence-electron chi connectivity index (χ2n) is 6.84. The number of rotatable bonds is 7. The number of hydrogen-bond acceptors (Lipinski definition) is 6. The van der Waals surface area contributed by atoms with E-state index in [1.54, 1.807) is 37.2 Å². The number of alkyl halides is 2. The molecule has 2 aromatic rings. The summed E-state index contributed by atoms with van der Waals surface area (Å²) in [6, 6.07) is 6.91. The van der Waals surface area contributed by atoms with Crippen molar-refractivity contribution in [2.45, 2.75) is 6.43 Å². The first-order valence-electron chi connectivity index (χ1n) is 9.12. The number of allylic oxidation sites excluding steroid dienone is 1. The van der Waals surface area contributed by atoms with Gasteiger partial charge in [-0.2, -0.15) is 5.26 Å². The molecule has 1 fully saturated rings. The van der Waals surface area contributed by atoms with Crippen LogP contribution in [0.25, 0.3) is 10.9 Å². The van der Waals surface area contributed by atoms with E-state index in [0.29, 0.717) is 48.6 Å². The van der Waals surface area contributed by atoms with E-state index in [0.717, 1.165) is 0 Å². The molecule has 1 aliphatic rings. The lowest BCUT2D eigenvalue weighted by Gasteiger charge is -2.30. The molecule has 1 aromatic carbocycles. The molecule has 9 heteroatoms. The summed E-state index contributed by atoms with van der Waals surface area (Å²) in [6.07, 6.45) is -1.15. The standard InChI is InChI=1S/C20H22F2N4O3/c1-25(2)11-14(10-23)20(27)16-7-13-8-18(29-12-19(21)22)17(9-15(13)24-16)26-3-5-28-6-4-26/h7-9,11,19,24H,3-6,12H2,1-2H3/b14-11+. The second-order valence-corrected chi connectivity index (χ2v) is 6.84. The Hall–Kier alpha value is -3.12. The number of aromatic nitrogens is 1. The highest BCUT2D eigenvalue weighted by Gasteiger charge is 2.21. The molecule has 0 radical (unpaired) electrons. The molecule has 0 unspecified atom stereocenters. The lowest BCUT2D eigenvalue weighted by atomic mass is 10.1. The van der Waals surface area contributed by atoms with Gasteiger partial charge in [0.25, 0.3) is 6.43 Å². The number of aromatic amines is 1. The van der Waals surface area contributed by atoms with Crippen LogP contribution < -0.4 is 9.64 Å². The van der Waals surface area contributed by atoms with Gasteiger partial charge in [-0.15, -0.1) is 0 Å². The number of Topliss-reactive ketones (excluding diaryl/α,β-unsaturated/α-hetero) is 1. The first-order valence-corrected chi connectivity index (χ1v) is 9.12. The predicted octanol–water partition coefficient (Wildman–Crippen LogP) is 2.80. The van der Waals surface area contributed by atoms with Crippen LogP contribution in [0, 0.1) is 11.3 Å². The maximum Gasteiger partial charge on any atom is 0.272 e. The van der Waals surface area contributed by atoms with Crippen molar-refractivity contribution in [3.05, 3.63) is 35.7 Å². The zero-order valence-electron chi connectivity index (χ0n) is 16.2. The molecule has 0 atom stereocenters. The number of fused-ring (bicyclic) bond motifs is 1. The number of benzene rings is 1. The predicted molar refractivity (Wildman–Crippen MR) is 105 cm³/mol. The normalized spacial score (nSPS) is 14.9. The molecule has 0 spiro atoms. The third-order valence-electron chi connectivity index (χ3n) is 4.41. The van der Waals surface area contributed by atoms with Crippen molar-refractivity contribution in [3.63, 3.8) is 0 Å². The van der Waals surface area contributed by atoms with Crippen molar-refractivity contribution in [2.75, 3.05) is 51.9 Å².